The fraction of sp³-hybridized carbons (Fsp3) is 0.345. The Labute approximate surface area is 207 Å². The summed E-state index contributed by atoms with van der Waals surface area (Å²) >= 11 is 0. The van der Waals surface area contributed by atoms with Crippen LogP contribution in [0.4, 0.5) is 5.69 Å². The molecule has 0 aliphatic carbocycles. The molecule has 35 heavy (non-hydrogen) atoms. The number of pyridine rings is 1. The third-order valence-electron chi connectivity index (χ3n) is 6.92. The summed E-state index contributed by atoms with van der Waals surface area (Å²) < 4.78 is 2.38. The van der Waals surface area contributed by atoms with Gasteiger partial charge in [-0.05, 0) is 86.8 Å². The quantitative estimate of drug-likeness (QED) is 0.384. The monoisotopic (exact) mass is 467 g/mol. The molecule has 1 aliphatic heterocycles. The van der Waals surface area contributed by atoms with Gasteiger partial charge in [0.25, 0.3) is 0 Å². The first-order chi connectivity index (χ1) is 17.2. The van der Waals surface area contributed by atoms with Crippen LogP contribution < -0.4 is 5.32 Å². The molecule has 2 aromatic heterocycles. The Balaban J connectivity index is 1.18. The summed E-state index contributed by atoms with van der Waals surface area (Å²) in [5.74, 6) is 1.62. The van der Waals surface area contributed by atoms with Crippen LogP contribution in [0.15, 0.2) is 72.9 Å². The van der Waals surface area contributed by atoms with Crippen molar-refractivity contribution in [2.24, 2.45) is 0 Å². The highest BCUT2D eigenvalue weighted by Gasteiger charge is 2.21. The molecule has 6 nitrogen and oxygen atoms in total. The summed E-state index contributed by atoms with van der Waals surface area (Å²) in [6, 6.07) is 22.8. The fourth-order valence-electron chi connectivity index (χ4n) is 5.19. The molecule has 1 aliphatic rings. The van der Waals surface area contributed by atoms with Crippen LogP contribution in [0, 0.1) is 0 Å². The maximum absolute atomic E-state index is 11.4. The van der Waals surface area contributed by atoms with Gasteiger partial charge in [-0.2, -0.15) is 0 Å². The zero-order chi connectivity index (χ0) is 24.0. The highest BCUT2D eigenvalue weighted by atomic mass is 16.1. The lowest BCUT2D eigenvalue weighted by atomic mass is 9.89. The number of carbonyl (C=O) groups excluding carboxylic acids is 1. The zero-order valence-corrected chi connectivity index (χ0v) is 20.4. The molecule has 0 bridgehead atoms. The highest BCUT2D eigenvalue weighted by molar-refractivity contribution is 5.88. The van der Waals surface area contributed by atoms with Crippen LogP contribution in [0.2, 0.25) is 0 Å². The number of hydrogen-bond donors (Lipinski definition) is 1. The standard InChI is InChI=1S/C29H33N5O/c1-22(35)31-26-10-6-8-24(20-26)23-13-18-33(19-14-23)16-7-17-34-28-12-3-2-11-27(28)32-29(34)21-25-9-4-5-15-30-25/h2-6,8-12,15,20,23H,7,13-14,16-19,21H2,1H3,(H,31,35). The average Bonchev–Trinajstić information content (AvgIpc) is 3.22. The normalized spacial score (nSPS) is 14.9. The molecule has 1 N–H and O–H groups in total. The van der Waals surface area contributed by atoms with E-state index in [0.29, 0.717) is 5.92 Å². The number of aryl methyl sites for hydroxylation is 1. The second kappa shape index (κ2) is 10.8. The number of nitrogens with one attached hydrogen (secondary N) is 1. The molecule has 6 heteroatoms. The van der Waals surface area contributed by atoms with E-state index in [1.54, 1.807) is 6.92 Å². The third kappa shape index (κ3) is 5.77. The van der Waals surface area contributed by atoms with Gasteiger partial charge in [0.05, 0.1) is 11.0 Å². The van der Waals surface area contributed by atoms with Crippen LogP contribution in [0.3, 0.4) is 0 Å². The lowest BCUT2D eigenvalue weighted by molar-refractivity contribution is -0.114. The zero-order valence-electron chi connectivity index (χ0n) is 20.4. The van der Waals surface area contributed by atoms with Crippen molar-refractivity contribution in [3.05, 3.63) is 90.0 Å². The maximum Gasteiger partial charge on any atom is 0.221 e. The SMILES string of the molecule is CC(=O)Nc1cccc(C2CCN(CCCn3c(Cc4ccccn4)nc4ccccc43)CC2)c1. The van der Waals surface area contributed by atoms with Crippen molar-refractivity contribution in [3.63, 3.8) is 0 Å². The summed E-state index contributed by atoms with van der Waals surface area (Å²) in [6.45, 7) is 5.83. The van der Waals surface area contributed by atoms with E-state index in [0.717, 1.165) is 74.6 Å². The molecule has 0 radical (unpaired) electrons. The second-order valence-electron chi connectivity index (χ2n) is 9.44. The summed E-state index contributed by atoms with van der Waals surface area (Å²) in [5, 5.41) is 2.91. The number of para-hydroxylation sites is 2. The smallest absolute Gasteiger partial charge is 0.221 e. The van der Waals surface area contributed by atoms with Crippen molar-refractivity contribution in [3.8, 4) is 0 Å². The predicted molar refractivity (Wildman–Crippen MR) is 141 cm³/mol. The molecule has 1 fully saturated rings. The van der Waals surface area contributed by atoms with Crippen molar-refractivity contribution in [2.45, 2.75) is 45.1 Å². The lowest BCUT2D eigenvalue weighted by Crippen LogP contribution is -2.34. The fourth-order valence-corrected chi connectivity index (χ4v) is 5.19. The molecule has 1 amide bonds. The van der Waals surface area contributed by atoms with Crippen molar-refractivity contribution >= 4 is 22.6 Å². The molecule has 2 aromatic carbocycles. The van der Waals surface area contributed by atoms with Gasteiger partial charge in [-0.1, -0.05) is 30.3 Å². The van der Waals surface area contributed by atoms with Gasteiger partial charge in [0.2, 0.25) is 5.91 Å². The number of carbonyl (C=O) groups is 1. The molecule has 4 aromatic rings. The van der Waals surface area contributed by atoms with E-state index in [4.69, 9.17) is 4.98 Å². The Morgan fingerprint density at radius 3 is 2.63 bits per heavy atom. The third-order valence-corrected chi connectivity index (χ3v) is 6.92. The lowest BCUT2D eigenvalue weighted by Gasteiger charge is -2.32. The van der Waals surface area contributed by atoms with Gasteiger partial charge in [0.1, 0.15) is 5.82 Å². The average molecular weight is 468 g/mol. The molecular formula is C29H33N5O. The minimum atomic E-state index is -0.0224. The van der Waals surface area contributed by atoms with Gasteiger partial charge in [-0.3, -0.25) is 9.78 Å². The summed E-state index contributed by atoms with van der Waals surface area (Å²) in [7, 11) is 0. The molecular weight excluding hydrogens is 434 g/mol. The van der Waals surface area contributed by atoms with E-state index < -0.39 is 0 Å². The van der Waals surface area contributed by atoms with Crippen LogP contribution in [0.5, 0.6) is 0 Å². The van der Waals surface area contributed by atoms with E-state index in [1.165, 1.54) is 11.1 Å². The number of piperidine rings is 1. The minimum absolute atomic E-state index is 0.0224. The number of amides is 1. The Bertz CT molecular complexity index is 1270. The van der Waals surface area contributed by atoms with Gasteiger partial charge in [0.15, 0.2) is 0 Å². The molecule has 0 unspecified atom stereocenters. The number of rotatable bonds is 8. The Hall–Kier alpha value is -3.51. The van der Waals surface area contributed by atoms with Crippen molar-refractivity contribution in [2.75, 3.05) is 25.0 Å². The molecule has 5 rings (SSSR count). The summed E-state index contributed by atoms with van der Waals surface area (Å²) in [5.41, 5.74) is 5.54. The number of nitrogens with zero attached hydrogens (tertiary/aromatic N) is 4. The second-order valence-corrected chi connectivity index (χ2v) is 9.44. The summed E-state index contributed by atoms with van der Waals surface area (Å²) in [6.07, 6.45) is 6.00. The van der Waals surface area contributed by atoms with Crippen molar-refractivity contribution in [1.82, 2.24) is 19.4 Å². The first-order valence-electron chi connectivity index (χ1n) is 12.6. The van der Waals surface area contributed by atoms with Gasteiger partial charge in [0, 0.05) is 37.5 Å². The Morgan fingerprint density at radius 1 is 1.00 bits per heavy atom. The van der Waals surface area contributed by atoms with E-state index in [9.17, 15) is 4.79 Å². The van der Waals surface area contributed by atoms with Gasteiger partial charge < -0.3 is 14.8 Å². The first-order valence-corrected chi connectivity index (χ1v) is 12.6. The van der Waals surface area contributed by atoms with Crippen LogP contribution in [0.25, 0.3) is 11.0 Å². The van der Waals surface area contributed by atoms with Crippen LogP contribution in [-0.4, -0.2) is 45.0 Å². The first kappa shape index (κ1) is 23.2. The molecule has 1 saturated heterocycles. The van der Waals surface area contributed by atoms with Crippen molar-refractivity contribution in [1.29, 1.82) is 0 Å². The van der Waals surface area contributed by atoms with Gasteiger partial charge >= 0.3 is 0 Å². The number of aromatic nitrogens is 3. The van der Waals surface area contributed by atoms with Crippen LogP contribution in [-0.2, 0) is 17.8 Å². The van der Waals surface area contributed by atoms with E-state index in [1.807, 2.05) is 30.5 Å². The molecule has 0 spiro atoms. The van der Waals surface area contributed by atoms with Crippen LogP contribution >= 0.6 is 0 Å². The largest absolute Gasteiger partial charge is 0.328 e. The number of imidazole rings is 1. The van der Waals surface area contributed by atoms with E-state index in [2.05, 4.69) is 62.2 Å². The topological polar surface area (TPSA) is 63.1 Å². The summed E-state index contributed by atoms with van der Waals surface area (Å²) in [4.78, 5) is 23.4. The number of likely N-dealkylation sites (tertiary alicyclic amines) is 1. The number of anilines is 1. The predicted octanol–water partition coefficient (Wildman–Crippen LogP) is 5.25. The van der Waals surface area contributed by atoms with E-state index in [-0.39, 0.29) is 5.91 Å². The molecule has 180 valence electrons. The Kier molecular flexibility index (Phi) is 7.19. The van der Waals surface area contributed by atoms with Gasteiger partial charge in [-0.15, -0.1) is 0 Å². The molecule has 3 heterocycles. The van der Waals surface area contributed by atoms with E-state index >= 15 is 0 Å². The molecule has 0 atom stereocenters. The van der Waals surface area contributed by atoms with Gasteiger partial charge in [-0.25, -0.2) is 4.98 Å². The highest BCUT2D eigenvalue weighted by Crippen LogP contribution is 2.29. The maximum atomic E-state index is 11.4. The minimum Gasteiger partial charge on any atom is -0.328 e. The Morgan fingerprint density at radius 2 is 1.83 bits per heavy atom. The van der Waals surface area contributed by atoms with Crippen LogP contribution in [0.1, 0.15) is 49.2 Å². The number of benzene rings is 2. The van der Waals surface area contributed by atoms with Crippen molar-refractivity contribution < 1.29 is 4.79 Å². The number of fused-ring (bicyclic) bond motifs is 1. The molecule has 0 saturated carbocycles. The number of hydrogen-bond acceptors (Lipinski definition) is 4.